The molecule has 1 heterocycles. The minimum absolute atomic E-state index is 0.386. The van der Waals surface area contributed by atoms with Crippen LogP contribution in [0.1, 0.15) is 44.4 Å². The standard InChI is InChI=1S/C22H25NSe/c1-15(2)18-13-22(3,24-16-9-5-4-6-10-16)14-20-21(18)17-11-7-8-12-19(17)23-20/h4-12,15,18,23H,13-14H2,1-3H3. The van der Waals surface area contributed by atoms with Crippen molar-refractivity contribution in [3.05, 3.63) is 65.9 Å². The van der Waals surface area contributed by atoms with E-state index in [1.807, 2.05) is 0 Å². The first kappa shape index (κ1) is 16.0. The van der Waals surface area contributed by atoms with Crippen LogP contribution in [0.25, 0.3) is 10.9 Å². The van der Waals surface area contributed by atoms with Crippen LogP contribution in [0.2, 0.25) is 4.31 Å². The third-order valence-electron chi connectivity index (χ3n) is 5.31. The Balaban J connectivity index is 1.77. The number of fused-ring (bicyclic) bond motifs is 3. The molecule has 2 heteroatoms. The van der Waals surface area contributed by atoms with Crippen molar-refractivity contribution in [3.63, 3.8) is 0 Å². The number of hydrogen-bond acceptors (Lipinski definition) is 0. The summed E-state index contributed by atoms with van der Waals surface area (Å²) in [6.45, 7) is 7.28. The second-order valence-electron chi connectivity index (χ2n) is 7.66. The number of H-pyrrole nitrogens is 1. The summed E-state index contributed by atoms with van der Waals surface area (Å²) in [7, 11) is 0. The quantitative estimate of drug-likeness (QED) is 0.610. The second-order valence-corrected chi connectivity index (χ2v) is 11.1. The van der Waals surface area contributed by atoms with E-state index in [1.165, 1.54) is 33.9 Å². The summed E-state index contributed by atoms with van der Waals surface area (Å²) in [6.07, 6.45) is 2.48. The summed E-state index contributed by atoms with van der Waals surface area (Å²) in [5.74, 6) is 1.33. The molecule has 0 saturated carbocycles. The molecular weight excluding hydrogens is 357 g/mol. The summed E-state index contributed by atoms with van der Waals surface area (Å²) in [4.78, 5) is 3.75. The van der Waals surface area contributed by atoms with Crippen molar-refractivity contribution >= 4 is 30.3 Å². The van der Waals surface area contributed by atoms with E-state index in [0.29, 0.717) is 31.1 Å². The van der Waals surface area contributed by atoms with Crippen LogP contribution in [0.5, 0.6) is 0 Å². The van der Waals surface area contributed by atoms with Crippen molar-refractivity contribution in [2.24, 2.45) is 5.92 Å². The SMILES string of the molecule is CC(C)C1CC(C)([Se]c2ccccc2)Cc2[nH]c3ccccc3c21. The molecule has 2 atom stereocenters. The van der Waals surface area contributed by atoms with Gasteiger partial charge in [0.2, 0.25) is 0 Å². The molecule has 4 rings (SSSR count). The molecule has 0 fully saturated rings. The number of aromatic amines is 1. The van der Waals surface area contributed by atoms with Crippen molar-refractivity contribution in [1.82, 2.24) is 4.98 Å². The molecule has 1 aliphatic carbocycles. The van der Waals surface area contributed by atoms with Gasteiger partial charge in [-0.3, -0.25) is 0 Å². The Kier molecular flexibility index (Phi) is 4.06. The molecule has 0 saturated heterocycles. The zero-order chi connectivity index (χ0) is 16.7. The molecule has 1 aromatic heterocycles. The number of benzene rings is 2. The van der Waals surface area contributed by atoms with Gasteiger partial charge in [-0.15, -0.1) is 0 Å². The van der Waals surface area contributed by atoms with Crippen molar-refractivity contribution in [1.29, 1.82) is 0 Å². The first-order valence-corrected chi connectivity index (χ1v) is 10.6. The molecule has 2 aromatic carbocycles. The van der Waals surface area contributed by atoms with Crippen LogP contribution in [-0.2, 0) is 6.42 Å². The topological polar surface area (TPSA) is 15.8 Å². The first-order chi connectivity index (χ1) is 11.6. The van der Waals surface area contributed by atoms with Gasteiger partial charge < -0.3 is 0 Å². The van der Waals surface area contributed by atoms with Gasteiger partial charge in [0.25, 0.3) is 0 Å². The van der Waals surface area contributed by atoms with Gasteiger partial charge in [-0.05, 0) is 0 Å². The predicted octanol–water partition coefficient (Wildman–Crippen LogP) is 5.06. The monoisotopic (exact) mass is 383 g/mol. The number of nitrogens with one attached hydrogen (secondary N) is 1. The van der Waals surface area contributed by atoms with E-state index in [0.717, 1.165) is 0 Å². The third kappa shape index (κ3) is 2.83. The number of para-hydroxylation sites is 1. The van der Waals surface area contributed by atoms with Gasteiger partial charge in [0, 0.05) is 0 Å². The Morgan fingerprint density at radius 3 is 2.50 bits per heavy atom. The van der Waals surface area contributed by atoms with Crippen molar-refractivity contribution in [2.45, 2.75) is 43.8 Å². The Bertz CT molecular complexity index is 849. The van der Waals surface area contributed by atoms with E-state index in [4.69, 9.17) is 0 Å². The molecule has 2 unspecified atom stereocenters. The van der Waals surface area contributed by atoms with Crippen LogP contribution >= 0.6 is 0 Å². The van der Waals surface area contributed by atoms with Crippen molar-refractivity contribution < 1.29 is 0 Å². The number of aromatic nitrogens is 1. The number of rotatable bonds is 3. The fraction of sp³-hybridized carbons (Fsp3) is 0.364. The molecule has 24 heavy (non-hydrogen) atoms. The molecule has 124 valence electrons. The van der Waals surface area contributed by atoms with Gasteiger partial charge in [-0.2, -0.15) is 0 Å². The second kappa shape index (κ2) is 6.10. The third-order valence-corrected chi connectivity index (χ3v) is 8.07. The van der Waals surface area contributed by atoms with Gasteiger partial charge in [-0.25, -0.2) is 0 Å². The zero-order valence-electron chi connectivity index (χ0n) is 14.7. The maximum atomic E-state index is 3.75. The fourth-order valence-electron chi connectivity index (χ4n) is 4.22. The van der Waals surface area contributed by atoms with E-state index >= 15 is 0 Å². The molecule has 0 bridgehead atoms. The van der Waals surface area contributed by atoms with Crippen LogP contribution in [0, 0.1) is 5.92 Å². The van der Waals surface area contributed by atoms with Crippen LogP contribution in [0.4, 0.5) is 0 Å². The summed E-state index contributed by atoms with van der Waals surface area (Å²) >= 11 is 0.496. The Morgan fingerprint density at radius 2 is 1.75 bits per heavy atom. The first-order valence-electron chi connectivity index (χ1n) is 8.89. The minimum atomic E-state index is 0.386. The summed E-state index contributed by atoms with van der Waals surface area (Å²) in [5, 5.41) is 1.44. The van der Waals surface area contributed by atoms with Gasteiger partial charge in [-0.1, -0.05) is 0 Å². The van der Waals surface area contributed by atoms with Gasteiger partial charge in [0.05, 0.1) is 0 Å². The Morgan fingerprint density at radius 1 is 1.04 bits per heavy atom. The van der Waals surface area contributed by atoms with E-state index in [2.05, 4.69) is 80.4 Å². The molecular formula is C22H25NSe. The van der Waals surface area contributed by atoms with Crippen LogP contribution in [-0.4, -0.2) is 19.9 Å². The fourth-order valence-corrected chi connectivity index (χ4v) is 7.03. The Hall–Kier alpha value is -1.50. The molecule has 1 aliphatic rings. The van der Waals surface area contributed by atoms with Crippen LogP contribution < -0.4 is 4.46 Å². The predicted molar refractivity (Wildman–Crippen MR) is 104 cm³/mol. The molecule has 0 radical (unpaired) electrons. The van der Waals surface area contributed by atoms with Gasteiger partial charge in [0.15, 0.2) is 0 Å². The van der Waals surface area contributed by atoms with Crippen LogP contribution in [0.3, 0.4) is 0 Å². The molecule has 0 amide bonds. The van der Waals surface area contributed by atoms with E-state index in [1.54, 1.807) is 5.56 Å². The number of hydrogen-bond donors (Lipinski definition) is 1. The maximum absolute atomic E-state index is 3.75. The summed E-state index contributed by atoms with van der Waals surface area (Å²) in [5.41, 5.74) is 4.40. The summed E-state index contributed by atoms with van der Waals surface area (Å²) in [6, 6.07) is 19.9. The van der Waals surface area contributed by atoms with Crippen LogP contribution in [0.15, 0.2) is 54.6 Å². The molecule has 0 aliphatic heterocycles. The van der Waals surface area contributed by atoms with E-state index < -0.39 is 0 Å². The summed E-state index contributed by atoms with van der Waals surface area (Å²) < 4.78 is 1.91. The zero-order valence-corrected chi connectivity index (χ0v) is 16.4. The molecule has 3 aromatic rings. The molecule has 1 N–H and O–H groups in total. The van der Waals surface area contributed by atoms with Gasteiger partial charge >= 0.3 is 151 Å². The van der Waals surface area contributed by atoms with Gasteiger partial charge in [0.1, 0.15) is 0 Å². The average Bonchev–Trinajstić information content (AvgIpc) is 2.92. The normalized spacial score (nSPS) is 23.6. The van der Waals surface area contributed by atoms with E-state index in [-0.39, 0.29) is 0 Å². The Labute approximate surface area is 151 Å². The molecule has 0 spiro atoms. The average molecular weight is 382 g/mol. The van der Waals surface area contributed by atoms with E-state index in [9.17, 15) is 0 Å². The molecule has 1 nitrogen and oxygen atoms in total. The van der Waals surface area contributed by atoms with Crippen molar-refractivity contribution in [3.8, 4) is 0 Å². The van der Waals surface area contributed by atoms with Crippen molar-refractivity contribution in [2.75, 3.05) is 0 Å².